The molecule has 0 rings (SSSR count). The Morgan fingerprint density at radius 3 is 2.42 bits per heavy atom. The summed E-state index contributed by atoms with van der Waals surface area (Å²) in [6, 6.07) is 2.32. The zero-order chi connectivity index (χ0) is 9.61. The average Bonchev–Trinajstić information content (AvgIpc) is 2.03. The summed E-state index contributed by atoms with van der Waals surface area (Å²) in [4.78, 5) is 0. The van der Waals surface area contributed by atoms with Gasteiger partial charge in [0.2, 0.25) is 0 Å². The van der Waals surface area contributed by atoms with E-state index in [0.717, 1.165) is 12.8 Å². The van der Waals surface area contributed by atoms with E-state index in [-0.39, 0.29) is 11.5 Å². The van der Waals surface area contributed by atoms with E-state index in [1.807, 2.05) is 27.7 Å². The van der Waals surface area contributed by atoms with Gasteiger partial charge in [0.05, 0.1) is 17.6 Å². The fourth-order valence-electron chi connectivity index (χ4n) is 0.832. The third-order valence-corrected chi connectivity index (χ3v) is 2.16. The molecular formula is C10H19NO. The lowest BCUT2D eigenvalue weighted by atomic mass is 9.86. The molecule has 0 aromatic heterocycles. The summed E-state index contributed by atoms with van der Waals surface area (Å²) in [5.41, 5.74) is -0.200. The first kappa shape index (κ1) is 11.4. The largest absolute Gasteiger partial charge is 0.379 e. The van der Waals surface area contributed by atoms with Gasteiger partial charge in [-0.1, -0.05) is 6.92 Å². The first-order valence-corrected chi connectivity index (χ1v) is 4.57. The van der Waals surface area contributed by atoms with E-state index in [2.05, 4.69) is 6.07 Å². The van der Waals surface area contributed by atoms with Gasteiger partial charge in [-0.25, -0.2) is 0 Å². The number of nitrogens with zero attached hydrogens (tertiary/aromatic N) is 1. The summed E-state index contributed by atoms with van der Waals surface area (Å²) >= 11 is 0. The maximum atomic E-state index is 8.84. The highest BCUT2D eigenvalue weighted by molar-refractivity contribution is 4.94. The zero-order valence-corrected chi connectivity index (χ0v) is 8.55. The maximum Gasteiger partial charge on any atom is 0.0687 e. The average molecular weight is 169 g/mol. The molecule has 0 spiro atoms. The van der Waals surface area contributed by atoms with Gasteiger partial charge in [0.1, 0.15) is 0 Å². The molecule has 0 aromatic rings. The van der Waals surface area contributed by atoms with Crippen molar-refractivity contribution in [2.75, 3.05) is 6.61 Å². The van der Waals surface area contributed by atoms with Crippen molar-refractivity contribution in [1.82, 2.24) is 0 Å². The smallest absolute Gasteiger partial charge is 0.0687 e. The Morgan fingerprint density at radius 2 is 2.08 bits per heavy atom. The topological polar surface area (TPSA) is 33.0 Å². The Hall–Kier alpha value is -0.550. The van der Waals surface area contributed by atoms with Crippen LogP contribution in [0.15, 0.2) is 0 Å². The first-order chi connectivity index (χ1) is 5.54. The predicted molar refractivity (Wildman–Crippen MR) is 49.7 cm³/mol. The molecule has 0 saturated heterocycles. The standard InChI is InChI=1S/C10H19NO/c1-5-10(4,8-11)6-7-12-9(2)3/h9H,5-7H2,1-4H3. The molecule has 0 amide bonds. The quantitative estimate of drug-likeness (QED) is 0.634. The fourth-order valence-corrected chi connectivity index (χ4v) is 0.832. The van der Waals surface area contributed by atoms with E-state index in [1.54, 1.807) is 0 Å². The normalized spacial score (nSPS) is 15.7. The van der Waals surface area contributed by atoms with Crippen LogP contribution in [0.3, 0.4) is 0 Å². The maximum absolute atomic E-state index is 8.84. The Balaban J connectivity index is 3.68. The van der Waals surface area contributed by atoms with Crippen LogP contribution in [0.25, 0.3) is 0 Å². The molecule has 0 N–H and O–H groups in total. The molecule has 0 heterocycles. The van der Waals surface area contributed by atoms with Gasteiger partial charge in [0.15, 0.2) is 0 Å². The number of hydrogen-bond acceptors (Lipinski definition) is 2. The van der Waals surface area contributed by atoms with Crippen LogP contribution in [-0.2, 0) is 4.74 Å². The summed E-state index contributed by atoms with van der Waals surface area (Å²) in [5.74, 6) is 0. The third-order valence-electron chi connectivity index (χ3n) is 2.16. The van der Waals surface area contributed by atoms with E-state index >= 15 is 0 Å². The second kappa shape index (κ2) is 5.16. The minimum atomic E-state index is -0.200. The van der Waals surface area contributed by atoms with Crippen molar-refractivity contribution in [2.24, 2.45) is 5.41 Å². The van der Waals surface area contributed by atoms with Crippen LogP contribution in [0.4, 0.5) is 0 Å². The molecule has 0 aliphatic rings. The highest BCUT2D eigenvalue weighted by Gasteiger charge is 2.20. The van der Waals surface area contributed by atoms with Crippen molar-refractivity contribution in [2.45, 2.75) is 46.6 Å². The second-order valence-corrected chi connectivity index (χ2v) is 3.70. The number of ether oxygens (including phenoxy) is 1. The van der Waals surface area contributed by atoms with Gasteiger partial charge in [-0.15, -0.1) is 0 Å². The van der Waals surface area contributed by atoms with E-state index in [0.29, 0.717) is 6.61 Å². The molecule has 12 heavy (non-hydrogen) atoms. The highest BCUT2D eigenvalue weighted by Crippen LogP contribution is 2.24. The lowest BCUT2D eigenvalue weighted by molar-refractivity contribution is 0.0622. The highest BCUT2D eigenvalue weighted by atomic mass is 16.5. The van der Waals surface area contributed by atoms with Crippen LogP contribution in [-0.4, -0.2) is 12.7 Å². The van der Waals surface area contributed by atoms with Gasteiger partial charge < -0.3 is 4.74 Å². The Labute approximate surface area is 75.5 Å². The van der Waals surface area contributed by atoms with Crippen LogP contribution < -0.4 is 0 Å². The van der Waals surface area contributed by atoms with Crippen molar-refractivity contribution in [3.8, 4) is 6.07 Å². The molecule has 0 saturated carbocycles. The molecular weight excluding hydrogens is 150 g/mol. The van der Waals surface area contributed by atoms with E-state index < -0.39 is 0 Å². The van der Waals surface area contributed by atoms with Gasteiger partial charge in [-0.2, -0.15) is 5.26 Å². The molecule has 1 atom stereocenters. The van der Waals surface area contributed by atoms with Crippen molar-refractivity contribution >= 4 is 0 Å². The third kappa shape index (κ3) is 4.35. The summed E-state index contributed by atoms with van der Waals surface area (Å²) in [7, 11) is 0. The number of hydrogen-bond donors (Lipinski definition) is 0. The zero-order valence-electron chi connectivity index (χ0n) is 8.55. The Morgan fingerprint density at radius 1 is 1.50 bits per heavy atom. The molecule has 1 unspecified atom stereocenters. The fraction of sp³-hybridized carbons (Fsp3) is 0.900. The number of nitriles is 1. The minimum Gasteiger partial charge on any atom is -0.379 e. The van der Waals surface area contributed by atoms with Crippen molar-refractivity contribution in [3.05, 3.63) is 0 Å². The van der Waals surface area contributed by atoms with Crippen molar-refractivity contribution in [3.63, 3.8) is 0 Å². The van der Waals surface area contributed by atoms with Crippen LogP contribution in [0.2, 0.25) is 0 Å². The van der Waals surface area contributed by atoms with Crippen LogP contribution in [0, 0.1) is 16.7 Å². The molecule has 0 fully saturated rings. The van der Waals surface area contributed by atoms with Gasteiger partial charge in [0.25, 0.3) is 0 Å². The van der Waals surface area contributed by atoms with E-state index in [4.69, 9.17) is 10.00 Å². The van der Waals surface area contributed by atoms with E-state index in [1.165, 1.54) is 0 Å². The molecule has 70 valence electrons. The molecule has 0 bridgehead atoms. The minimum absolute atomic E-state index is 0.200. The van der Waals surface area contributed by atoms with Gasteiger partial charge in [-0.05, 0) is 33.6 Å². The Kier molecular flexibility index (Phi) is 4.92. The van der Waals surface area contributed by atoms with Crippen molar-refractivity contribution < 1.29 is 4.74 Å². The summed E-state index contributed by atoms with van der Waals surface area (Å²) in [6.45, 7) is 8.73. The number of rotatable bonds is 5. The SMILES string of the molecule is CCC(C)(C#N)CCOC(C)C. The van der Waals surface area contributed by atoms with Crippen LogP contribution >= 0.6 is 0 Å². The lowest BCUT2D eigenvalue weighted by Gasteiger charge is -2.19. The summed E-state index contributed by atoms with van der Waals surface area (Å²) < 4.78 is 5.39. The molecule has 2 heteroatoms. The molecule has 0 aromatic carbocycles. The predicted octanol–water partition coefficient (Wildman–Crippen LogP) is 2.74. The van der Waals surface area contributed by atoms with Crippen LogP contribution in [0.1, 0.15) is 40.5 Å². The lowest BCUT2D eigenvalue weighted by Crippen LogP contribution is -2.17. The molecule has 0 radical (unpaired) electrons. The first-order valence-electron chi connectivity index (χ1n) is 4.57. The van der Waals surface area contributed by atoms with Crippen LogP contribution in [0.5, 0.6) is 0 Å². The second-order valence-electron chi connectivity index (χ2n) is 3.70. The summed E-state index contributed by atoms with van der Waals surface area (Å²) in [5, 5.41) is 8.84. The van der Waals surface area contributed by atoms with Gasteiger partial charge in [0, 0.05) is 6.61 Å². The monoisotopic (exact) mass is 169 g/mol. The molecule has 0 aliphatic carbocycles. The van der Waals surface area contributed by atoms with E-state index in [9.17, 15) is 0 Å². The Bertz CT molecular complexity index is 160. The van der Waals surface area contributed by atoms with Gasteiger partial charge in [-0.3, -0.25) is 0 Å². The summed E-state index contributed by atoms with van der Waals surface area (Å²) in [6.07, 6.45) is 1.99. The molecule has 2 nitrogen and oxygen atoms in total. The molecule has 0 aliphatic heterocycles. The van der Waals surface area contributed by atoms with Crippen molar-refractivity contribution in [1.29, 1.82) is 5.26 Å². The van der Waals surface area contributed by atoms with Gasteiger partial charge >= 0.3 is 0 Å².